The van der Waals surface area contributed by atoms with E-state index in [1.165, 1.54) is 39.2 Å². The zero-order chi connectivity index (χ0) is 48.2. The van der Waals surface area contributed by atoms with E-state index in [9.17, 15) is 39.3 Å². The van der Waals surface area contributed by atoms with Gasteiger partial charge in [-0.25, -0.2) is 14.4 Å². The van der Waals surface area contributed by atoms with Crippen molar-refractivity contribution in [1.29, 1.82) is 0 Å². The molecule has 6 unspecified atom stereocenters. The number of aliphatic hydroxyl groups excluding tert-OH is 2. The third-order valence-corrected chi connectivity index (χ3v) is 12.9. The summed E-state index contributed by atoms with van der Waals surface area (Å²) in [4.78, 5) is 65.2. The van der Waals surface area contributed by atoms with Crippen LogP contribution in [-0.4, -0.2) is 126 Å². The van der Waals surface area contributed by atoms with Crippen LogP contribution >= 0.6 is 0 Å². The largest absolute Gasteiger partial charge is 0.466 e. The summed E-state index contributed by atoms with van der Waals surface area (Å²) >= 11 is 0. The molecule has 3 fully saturated rings. The average molecular weight is 917 g/mol. The van der Waals surface area contributed by atoms with Crippen LogP contribution in [0.5, 0.6) is 0 Å². The Labute approximate surface area is 383 Å². The van der Waals surface area contributed by atoms with Crippen LogP contribution in [0.4, 0.5) is 0 Å². The van der Waals surface area contributed by atoms with Crippen molar-refractivity contribution in [3.63, 3.8) is 0 Å². The van der Waals surface area contributed by atoms with Gasteiger partial charge in [-0.3, -0.25) is 9.59 Å². The number of hydrogen-bond donors (Lipinski definition) is 3. The fourth-order valence-corrected chi connectivity index (χ4v) is 9.09. The molecule has 4 rings (SSSR count). The van der Waals surface area contributed by atoms with E-state index in [1.54, 1.807) is 39.0 Å². The smallest absolute Gasteiger partial charge is 0.331 e. The topological polar surface area (TPSA) is 220 Å². The van der Waals surface area contributed by atoms with E-state index >= 15 is 0 Å². The van der Waals surface area contributed by atoms with Gasteiger partial charge in [0.1, 0.15) is 17.8 Å². The van der Waals surface area contributed by atoms with Crippen LogP contribution in [0.1, 0.15) is 126 Å². The van der Waals surface area contributed by atoms with Gasteiger partial charge in [-0.1, -0.05) is 77.0 Å². The number of hydrogen-bond acceptors (Lipinski definition) is 16. The standard InChI is InChI=1S/C49H72O16/c1-10-12-13-14-15-18-42(54)63-45-34(26-43(55)58-9)25-37-27-39(31(3)51)62-41(53)19-16-17-36-28-40(60-32(4)52)47(7,8)48(30-50,64-36)29-38-23-33(24-44(56)59-11-2)22-35(61-38)20-21-46(5,6)49(45,57)65-37/h13-15,18,20-21,24,26,31,35-40,45,50-51,57H,10-12,16-17,19,22-23,25,27-30H2,1-9H3/b14-13+,18-15+,21-20+,33-24-,34-26+/t31-,35+,36?,37?,38+,39?,40?,45+,48?,49?/m1/s1. The fraction of sp³-hybridized carbons (Fsp3) is 0.694. The van der Waals surface area contributed by atoms with Crippen molar-refractivity contribution >= 4 is 29.8 Å². The minimum Gasteiger partial charge on any atom is -0.466 e. The van der Waals surface area contributed by atoms with Crippen LogP contribution in [0.15, 0.2) is 59.8 Å². The maximum atomic E-state index is 13.5. The van der Waals surface area contributed by atoms with Gasteiger partial charge < -0.3 is 53.2 Å². The SMILES string of the molecule is CCC/C=C/C=C/C(=O)O[C@H]1/C(=C/C(=O)OC)CC2CC([C@@H](C)O)OC(=O)CCCC3CC(OC(C)=O)C(C)(C)C(CO)(C[C@@H]4C/C(=C\C(=O)OCC)C[C@H](/C=C/C(C)(C)C1(O)O2)O4)O3. The summed E-state index contributed by atoms with van der Waals surface area (Å²) < 4.78 is 48.1. The predicted molar refractivity (Wildman–Crippen MR) is 236 cm³/mol. The third kappa shape index (κ3) is 13.9. The number of cyclic esters (lactones) is 1. The second-order valence-corrected chi connectivity index (χ2v) is 18.7. The van der Waals surface area contributed by atoms with E-state index in [0.29, 0.717) is 18.4 Å². The maximum absolute atomic E-state index is 13.5. The first-order chi connectivity index (χ1) is 30.6. The van der Waals surface area contributed by atoms with Crippen molar-refractivity contribution in [2.45, 2.75) is 186 Å². The molecule has 6 bridgehead atoms. The Morgan fingerprint density at radius 1 is 0.938 bits per heavy atom. The molecule has 0 aromatic carbocycles. The second kappa shape index (κ2) is 23.5. The number of unbranched alkanes of at least 4 members (excludes halogenated alkanes) is 1. The highest BCUT2D eigenvalue weighted by Crippen LogP contribution is 2.51. The van der Waals surface area contributed by atoms with Gasteiger partial charge in [0.05, 0.1) is 50.8 Å². The number of allylic oxidation sites excluding steroid dienone is 3. The van der Waals surface area contributed by atoms with E-state index in [1.807, 2.05) is 26.8 Å². The lowest BCUT2D eigenvalue weighted by Crippen LogP contribution is -2.64. The minimum atomic E-state index is -2.42. The number of aliphatic hydroxyl groups is 3. The van der Waals surface area contributed by atoms with E-state index < -0.39 is 108 Å². The Hall–Kier alpha value is -4.19. The number of methoxy groups -OCH3 is 1. The molecular weight excluding hydrogens is 845 g/mol. The van der Waals surface area contributed by atoms with Gasteiger partial charge >= 0.3 is 29.8 Å². The first-order valence-corrected chi connectivity index (χ1v) is 22.9. The Bertz CT molecular complexity index is 1820. The summed E-state index contributed by atoms with van der Waals surface area (Å²) in [6.07, 6.45) is 7.59. The van der Waals surface area contributed by atoms with Crippen molar-refractivity contribution < 1.29 is 77.2 Å². The van der Waals surface area contributed by atoms with Crippen molar-refractivity contribution in [2.24, 2.45) is 10.8 Å². The Kier molecular flexibility index (Phi) is 19.3. The average Bonchev–Trinajstić information content (AvgIpc) is 3.22. The number of esters is 5. The monoisotopic (exact) mass is 916 g/mol. The fourth-order valence-electron chi connectivity index (χ4n) is 9.09. The maximum Gasteiger partial charge on any atom is 0.331 e. The van der Waals surface area contributed by atoms with Gasteiger partial charge in [-0.2, -0.15) is 0 Å². The summed E-state index contributed by atoms with van der Waals surface area (Å²) in [5.41, 5.74) is -2.92. The van der Waals surface area contributed by atoms with Crippen molar-refractivity contribution in [3.05, 3.63) is 59.8 Å². The number of fused-ring (bicyclic) bond motifs is 6. The highest BCUT2D eigenvalue weighted by atomic mass is 16.7. The number of carbonyl (C=O) groups is 5. The predicted octanol–water partition coefficient (Wildman–Crippen LogP) is 5.74. The van der Waals surface area contributed by atoms with Gasteiger partial charge in [0.2, 0.25) is 5.79 Å². The normalized spacial score (nSPS) is 34.3. The van der Waals surface area contributed by atoms with Crippen molar-refractivity contribution in [2.75, 3.05) is 20.3 Å². The van der Waals surface area contributed by atoms with E-state index in [0.717, 1.165) is 18.9 Å². The van der Waals surface area contributed by atoms with Gasteiger partial charge in [0, 0.05) is 61.7 Å². The lowest BCUT2D eigenvalue weighted by atomic mass is 9.64. The molecular formula is C49H72O16. The summed E-state index contributed by atoms with van der Waals surface area (Å²) in [5, 5.41) is 35.2. The molecule has 65 heavy (non-hydrogen) atoms. The molecule has 16 nitrogen and oxygen atoms in total. The molecule has 3 N–H and O–H groups in total. The Morgan fingerprint density at radius 2 is 1.68 bits per heavy atom. The first-order valence-electron chi connectivity index (χ1n) is 22.9. The van der Waals surface area contributed by atoms with E-state index in [-0.39, 0.29) is 57.1 Å². The third-order valence-electron chi connectivity index (χ3n) is 12.9. The quantitative estimate of drug-likeness (QED) is 0.0740. The van der Waals surface area contributed by atoms with Crippen molar-refractivity contribution in [1.82, 2.24) is 0 Å². The molecule has 4 aliphatic heterocycles. The van der Waals surface area contributed by atoms with Gasteiger partial charge in [0.15, 0.2) is 6.10 Å². The molecule has 16 heteroatoms. The molecule has 0 spiro atoms. The second-order valence-electron chi connectivity index (χ2n) is 18.7. The van der Waals surface area contributed by atoms with Crippen LogP contribution in [0.3, 0.4) is 0 Å². The minimum absolute atomic E-state index is 0.0772. The summed E-state index contributed by atoms with van der Waals surface area (Å²) in [6, 6.07) is 0. The van der Waals surface area contributed by atoms with E-state index in [2.05, 4.69) is 0 Å². The molecule has 0 amide bonds. The van der Waals surface area contributed by atoms with Gasteiger partial charge in [-0.05, 0) is 57.9 Å². The molecule has 364 valence electrons. The Morgan fingerprint density at radius 3 is 2.32 bits per heavy atom. The van der Waals surface area contributed by atoms with Crippen LogP contribution in [-0.2, 0) is 61.9 Å². The lowest BCUT2D eigenvalue weighted by molar-refractivity contribution is -0.327. The molecule has 0 aliphatic carbocycles. The molecule has 10 atom stereocenters. The molecule has 4 heterocycles. The molecule has 3 saturated heterocycles. The van der Waals surface area contributed by atoms with Gasteiger partial charge in [0.25, 0.3) is 0 Å². The summed E-state index contributed by atoms with van der Waals surface area (Å²) in [6.45, 7) is 13.2. The molecule has 0 radical (unpaired) electrons. The number of ether oxygens (including phenoxy) is 8. The number of carbonyl (C=O) groups excluding carboxylic acids is 5. The zero-order valence-electron chi connectivity index (χ0n) is 39.6. The van der Waals surface area contributed by atoms with Crippen LogP contribution < -0.4 is 0 Å². The lowest BCUT2D eigenvalue weighted by Gasteiger charge is -2.56. The molecule has 0 aromatic heterocycles. The Balaban J connectivity index is 1.89. The zero-order valence-corrected chi connectivity index (χ0v) is 39.6. The molecule has 4 aliphatic rings. The highest BCUT2D eigenvalue weighted by Gasteiger charge is 2.59. The van der Waals surface area contributed by atoms with Gasteiger partial charge in [-0.15, -0.1) is 0 Å². The first kappa shape index (κ1) is 53.4. The van der Waals surface area contributed by atoms with Crippen molar-refractivity contribution in [3.8, 4) is 0 Å². The highest BCUT2D eigenvalue weighted by molar-refractivity contribution is 5.85. The number of rotatable bonds is 11. The molecule has 0 saturated carbocycles. The summed E-state index contributed by atoms with van der Waals surface area (Å²) in [5.74, 6) is -5.69. The van der Waals surface area contributed by atoms with Crippen LogP contribution in [0.25, 0.3) is 0 Å². The van der Waals surface area contributed by atoms with Crippen LogP contribution in [0.2, 0.25) is 0 Å². The summed E-state index contributed by atoms with van der Waals surface area (Å²) in [7, 11) is 1.19. The van der Waals surface area contributed by atoms with E-state index in [4.69, 9.17) is 37.9 Å². The van der Waals surface area contributed by atoms with Crippen LogP contribution in [0, 0.1) is 10.8 Å². The molecule has 0 aromatic rings.